The normalized spacial score (nSPS) is 15.1. The van der Waals surface area contributed by atoms with Crippen LogP contribution in [0.15, 0.2) is 24.3 Å². The minimum absolute atomic E-state index is 0.185. The lowest BCUT2D eigenvalue weighted by atomic mass is 9.99. The molecule has 0 aromatic heterocycles. The summed E-state index contributed by atoms with van der Waals surface area (Å²) < 4.78 is 13.0. The van der Waals surface area contributed by atoms with Crippen molar-refractivity contribution in [2.24, 2.45) is 0 Å². The molecule has 2 rings (SSSR count). The second-order valence-electron chi connectivity index (χ2n) is 3.62. The molecule has 0 atom stereocenters. The zero-order chi connectivity index (χ0) is 10.8. The van der Waals surface area contributed by atoms with E-state index in [2.05, 4.69) is 0 Å². The van der Waals surface area contributed by atoms with Crippen LogP contribution in [0.3, 0.4) is 0 Å². The molecule has 1 N–H and O–H groups in total. The van der Waals surface area contributed by atoms with Crippen molar-refractivity contribution < 1.29 is 14.3 Å². The first-order chi connectivity index (χ1) is 7.18. The molecule has 0 bridgehead atoms. The molecule has 1 aliphatic carbocycles. The van der Waals surface area contributed by atoms with E-state index in [1.807, 2.05) is 6.08 Å². The van der Waals surface area contributed by atoms with Crippen molar-refractivity contribution in [2.75, 3.05) is 0 Å². The standard InChI is InChI=1S/C12H11FO2/c13-9-5-6-10(12(14)15)11(7-9)8-3-1-2-4-8/h3,5-7H,1-2,4H2,(H,14,15). The van der Waals surface area contributed by atoms with Gasteiger partial charge in [0.05, 0.1) is 5.56 Å². The van der Waals surface area contributed by atoms with Gasteiger partial charge in [0, 0.05) is 0 Å². The predicted octanol–water partition coefficient (Wildman–Crippen LogP) is 3.09. The molecule has 0 saturated heterocycles. The van der Waals surface area contributed by atoms with E-state index in [4.69, 9.17) is 5.11 Å². The van der Waals surface area contributed by atoms with Crippen molar-refractivity contribution >= 4 is 11.5 Å². The Hall–Kier alpha value is -1.64. The zero-order valence-electron chi connectivity index (χ0n) is 8.16. The van der Waals surface area contributed by atoms with Gasteiger partial charge >= 0.3 is 5.97 Å². The van der Waals surface area contributed by atoms with Crippen LogP contribution in [0, 0.1) is 5.82 Å². The molecule has 0 radical (unpaired) electrons. The van der Waals surface area contributed by atoms with Gasteiger partial charge in [0.25, 0.3) is 0 Å². The van der Waals surface area contributed by atoms with E-state index >= 15 is 0 Å². The number of carboxylic acid groups (broad SMARTS) is 1. The number of allylic oxidation sites excluding steroid dienone is 2. The first-order valence-corrected chi connectivity index (χ1v) is 4.91. The van der Waals surface area contributed by atoms with Crippen LogP contribution in [-0.4, -0.2) is 11.1 Å². The second-order valence-corrected chi connectivity index (χ2v) is 3.62. The molecule has 0 spiro atoms. The summed E-state index contributed by atoms with van der Waals surface area (Å²) in [6, 6.07) is 3.81. The van der Waals surface area contributed by atoms with Crippen LogP contribution in [0.5, 0.6) is 0 Å². The van der Waals surface area contributed by atoms with Gasteiger partial charge in [-0.15, -0.1) is 0 Å². The fourth-order valence-corrected chi connectivity index (χ4v) is 1.88. The Morgan fingerprint density at radius 1 is 1.40 bits per heavy atom. The third-order valence-corrected chi connectivity index (χ3v) is 2.60. The van der Waals surface area contributed by atoms with Crippen molar-refractivity contribution in [1.82, 2.24) is 0 Å². The average Bonchev–Trinajstić information content (AvgIpc) is 2.69. The van der Waals surface area contributed by atoms with Gasteiger partial charge < -0.3 is 5.11 Å². The highest BCUT2D eigenvalue weighted by molar-refractivity contribution is 5.94. The summed E-state index contributed by atoms with van der Waals surface area (Å²) in [4.78, 5) is 10.9. The van der Waals surface area contributed by atoms with Gasteiger partial charge in [0.15, 0.2) is 0 Å². The molecule has 78 valence electrons. The molecule has 2 nitrogen and oxygen atoms in total. The first kappa shape index (κ1) is 9.90. The topological polar surface area (TPSA) is 37.3 Å². The Balaban J connectivity index is 2.51. The predicted molar refractivity (Wildman–Crippen MR) is 55.2 cm³/mol. The van der Waals surface area contributed by atoms with Crippen molar-refractivity contribution in [3.63, 3.8) is 0 Å². The summed E-state index contributed by atoms with van der Waals surface area (Å²) in [6.07, 6.45) is 4.79. The lowest BCUT2D eigenvalue weighted by molar-refractivity contribution is 0.0696. The third-order valence-electron chi connectivity index (χ3n) is 2.60. The van der Waals surface area contributed by atoms with Crippen molar-refractivity contribution in [3.05, 3.63) is 41.2 Å². The smallest absolute Gasteiger partial charge is 0.336 e. The highest BCUT2D eigenvalue weighted by Crippen LogP contribution is 2.30. The highest BCUT2D eigenvalue weighted by atomic mass is 19.1. The molecule has 0 unspecified atom stereocenters. The molecular formula is C12H11FO2. The second kappa shape index (κ2) is 3.85. The number of halogens is 1. The van der Waals surface area contributed by atoms with Crippen LogP contribution in [0.25, 0.3) is 5.57 Å². The summed E-state index contributed by atoms with van der Waals surface area (Å²) in [6.45, 7) is 0. The largest absolute Gasteiger partial charge is 0.478 e. The number of hydrogen-bond donors (Lipinski definition) is 1. The Bertz CT molecular complexity index is 435. The molecule has 15 heavy (non-hydrogen) atoms. The molecular weight excluding hydrogens is 195 g/mol. The van der Waals surface area contributed by atoms with Crippen molar-refractivity contribution in [3.8, 4) is 0 Å². The minimum Gasteiger partial charge on any atom is -0.478 e. The number of aromatic carboxylic acids is 1. The summed E-state index contributed by atoms with van der Waals surface area (Å²) >= 11 is 0. The van der Waals surface area contributed by atoms with E-state index in [9.17, 15) is 9.18 Å². The van der Waals surface area contributed by atoms with Gasteiger partial charge in [0.2, 0.25) is 0 Å². The molecule has 0 fully saturated rings. The fourth-order valence-electron chi connectivity index (χ4n) is 1.88. The Morgan fingerprint density at radius 2 is 2.20 bits per heavy atom. The Morgan fingerprint density at radius 3 is 2.80 bits per heavy atom. The monoisotopic (exact) mass is 206 g/mol. The fraction of sp³-hybridized carbons (Fsp3) is 0.250. The SMILES string of the molecule is O=C(O)c1ccc(F)cc1C1=CCCC1. The van der Waals surface area contributed by atoms with Crippen LogP contribution in [-0.2, 0) is 0 Å². The van der Waals surface area contributed by atoms with E-state index in [0.29, 0.717) is 5.56 Å². The van der Waals surface area contributed by atoms with Gasteiger partial charge in [0.1, 0.15) is 5.82 Å². The number of carbonyl (C=O) groups is 1. The summed E-state index contributed by atoms with van der Waals surface area (Å²) in [7, 11) is 0. The quantitative estimate of drug-likeness (QED) is 0.807. The molecule has 0 amide bonds. The van der Waals surface area contributed by atoms with E-state index in [1.165, 1.54) is 18.2 Å². The van der Waals surface area contributed by atoms with Crippen molar-refractivity contribution in [1.29, 1.82) is 0 Å². The average molecular weight is 206 g/mol. The van der Waals surface area contributed by atoms with Crippen LogP contribution in [0.2, 0.25) is 0 Å². The summed E-state index contributed by atoms with van der Waals surface area (Å²) in [5.74, 6) is -1.39. The molecule has 1 aliphatic rings. The maximum Gasteiger partial charge on any atom is 0.336 e. The number of hydrogen-bond acceptors (Lipinski definition) is 1. The maximum atomic E-state index is 13.0. The van der Waals surface area contributed by atoms with Gasteiger partial charge in [-0.3, -0.25) is 0 Å². The lowest BCUT2D eigenvalue weighted by Gasteiger charge is -2.06. The van der Waals surface area contributed by atoms with Crippen LogP contribution < -0.4 is 0 Å². The minimum atomic E-state index is -1.00. The number of benzene rings is 1. The third kappa shape index (κ3) is 1.91. The Kier molecular flexibility index (Phi) is 2.54. The summed E-state index contributed by atoms with van der Waals surface area (Å²) in [5, 5.41) is 8.97. The molecule has 0 heterocycles. The molecule has 1 aromatic carbocycles. The molecule has 0 aliphatic heterocycles. The molecule has 3 heteroatoms. The number of carboxylic acids is 1. The van der Waals surface area contributed by atoms with E-state index in [1.54, 1.807) is 0 Å². The molecule has 0 saturated carbocycles. The van der Waals surface area contributed by atoms with Crippen molar-refractivity contribution in [2.45, 2.75) is 19.3 Å². The number of rotatable bonds is 2. The van der Waals surface area contributed by atoms with Gasteiger partial charge in [-0.25, -0.2) is 9.18 Å². The highest BCUT2D eigenvalue weighted by Gasteiger charge is 2.16. The van der Waals surface area contributed by atoms with Gasteiger partial charge in [-0.1, -0.05) is 6.08 Å². The van der Waals surface area contributed by atoms with Gasteiger partial charge in [-0.2, -0.15) is 0 Å². The van der Waals surface area contributed by atoms with E-state index < -0.39 is 5.97 Å². The lowest BCUT2D eigenvalue weighted by Crippen LogP contribution is -2.02. The van der Waals surface area contributed by atoms with Crippen LogP contribution >= 0.6 is 0 Å². The molecule has 1 aromatic rings. The van der Waals surface area contributed by atoms with Gasteiger partial charge in [-0.05, 0) is 48.6 Å². The van der Waals surface area contributed by atoms with Crippen LogP contribution in [0.4, 0.5) is 4.39 Å². The first-order valence-electron chi connectivity index (χ1n) is 4.91. The van der Waals surface area contributed by atoms with E-state index in [-0.39, 0.29) is 11.4 Å². The zero-order valence-corrected chi connectivity index (χ0v) is 8.16. The van der Waals surface area contributed by atoms with Crippen LogP contribution in [0.1, 0.15) is 35.2 Å². The van der Waals surface area contributed by atoms with E-state index in [0.717, 1.165) is 24.8 Å². The summed E-state index contributed by atoms with van der Waals surface area (Å²) in [5.41, 5.74) is 1.66. The maximum absolute atomic E-state index is 13.0. The Labute approximate surface area is 87.0 Å².